The fourth-order valence-corrected chi connectivity index (χ4v) is 2.57. The summed E-state index contributed by atoms with van der Waals surface area (Å²) in [5, 5.41) is 0. The van der Waals surface area contributed by atoms with Crippen LogP contribution in [0.1, 0.15) is 15.9 Å². The average molecular weight is 322 g/mol. The molecule has 2 rings (SSSR count). The van der Waals surface area contributed by atoms with E-state index in [2.05, 4.69) is 15.9 Å². The second-order valence-electron chi connectivity index (χ2n) is 4.28. The van der Waals surface area contributed by atoms with E-state index >= 15 is 0 Å². The molecule has 0 radical (unpaired) electrons. The lowest BCUT2D eigenvalue weighted by Crippen LogP contribution is -2.17. The number of anilines is 1. The highest BCUT2D eigenvalue weighted by Gasteiger charge is 2.09. The molecule has 0 amide bonds. The van der Waals surface area contributed by atoms with E-state index in [1.54, 1.807) is 24.3 Å². The van der Waals surface area contributed by atoms with E-state index in [4.69, 9.17) is 0 Å². The third kappa shape index (κ3) is 3.20. The Labute approximate surface area is 120 Å². The maximum atomic E-state index is 13.6. The Bertz CT molecular complexity index is 600. The maximum Gasteiger partial charge on any atom is 0.150 e. The monoisotopic (exact) mass is 321 g/mol. The number of hydrogen-bond donors (Lipinski definition) is 0. The largest absolute Gasteiger partial charge is 0.369 e. The van der Waals surface area contributed by atoms with Gasteiger partial charge >= 0.3 is 0 Å². The second kappa shape index (κ2) is 5.97. The Morgan fingerprint density at radius 2 is 2.00 bits per heavy atom. The number of benzene rings is 2. The summed E-state index contributed by atoms with van der Waals surface area (Å²) in [6.07, 6.45) is 0.797. The van der Waals surface area contributed by atoms with Gasteiger partial charge in [-0.05, 0) is 40.2 Å². The van der Waals surface area contributed by atoms with Crippen LogP contribution in [0.5, 0.6) is 0 Å². The van der Waals surface area contributed by atoms with Gasteiger partial charge in [-0.1, -0.05) is 18.2 Å². The summed E-state index contributed by atoms with van der Waals surface area (Å²) >= 11 is 3.43. The third-order valence-corrected chi connectivity index (χ3v) is 3.52. The highest BCUT2D eigenvalue weighted by molar-refractivity contribution is 9.10. The zero-order valence-corrected chi connectivity index (χ0v) is 12.0. The Kier molecular flexibility index (Phi) is 4.32. The van der Waals surface area contributed by atoms with Crippen molar-refractivity contribution in [2.24, 2.45) is 0 Å². The van der Waals surface area contributed by atoms with Crippen LogP contribution in [0.15, 0.2) is 46.9 Å². The summed E-state index contributed by atoms with van der Waals surface area (Å²) in [5.74, 6) is -0.213. The number of nitrogens with zero attached hydrogens (tertiary/aromatic N) is 1. The minimum absolute atomic E-state index is 0.213. The van der Waals surface area contributed by atoms with Crippen LogP contribution in [0.25, 0.3) is 0 Å². The van der Waals surface area contributed by atoms with Gasteiger partial charge in [0.05, 0.1) is 5.69 Å². The number of halogens is 2. The number of carbonyl (C=O) groups is 1. The normalized spacial score (nSPS) is 10.3. The highest BCUT2D eigenvalue weighted by atomic mass is 79.9. The topological polar surface area (TPSA) is 20.3 Å². The molecule has 0 atom stereocenters. The molecule has 2 aromatic carbocycles. The van der Waals surface area contributed by atoms with Gasteiger partial charge in [0.2, 0.25) is 0 Å². The Morgan fingerprint density at radius 1 is 1.26 bits per heavy atom. The molecule has 0 saturated carbocycles. The maximum absolute atomic E-state index is 13.6. The predicted octanol–water partition coefficient (Wildman–Crippen LogP) is 4.04. The van der Waals surface area contributed by atoms with Crippen molar-refractivity contribution < 1.29 is 9.18 Å². The number of carbonyl (C=O) groups excluding carboxylic acids is 1. The van der Waals surface area contributed by atoms with Crippen LogP contribution in [0.2, 0.25) is 0 Å². The summed E-state index contributed by atoms with van der Waals surface area (Å²) in [7, 11) is 1.88. The summed E-state index contributed by atoms with van der Waals surface area (Å²) in [6.45, 7) is 0.464. The van der Waals surface area contributed by atoms with E-state index in [0.29, 0.717) is 17.7 Å². The molecule has 19 heavy (non-hydrogen) atoms. The minimum atomic E-state index is -0.213. The lowest BCUT2D eigenvalue weighted by Gasteiger charge is -2.21. The molecule has 0 bridgehead atoms. The number of hydrogen-bond acceptors (Lipinski definition) is 2. The Hall–Kier alpha value is -1.68. The molecule has 0 N–H and O–H groups in total. The van der Waals surface area contributed by atoms with Crippen molar-refractivity contribution in [2.75, 3.05) is 11.9 Å². The van der Waals surface area contributed by atoms with Crippen molar-refractivity contribution in [3.8, 4) is 0 Å². The molecule has 0 spiro atoms. The van der Waals surface area contributed by atoms with Crippen LogP contribution in [0.3, 0.4) is 0 Å². The molecular weight excluding hydrogens is 309 g/mol. The smallest absolute Gasteiger partial charge is 0.150 e. The first-order valence-electron chi connectivity index (χ1n) is 5.81. The van der Waals surface area contributed by atoms with Gasteiger partial charge in [-0.2, -0.15) is 0 Å². The minimum Gasteiger partial charge on any atom is -0.369 e. The molecule has 2 nitrogen and oxygen atoms in total. The standard InChI is InChI=1S/C15H13BrFNO/c1-18(9-12-4-2-3-5-14(12)17)15-7-6-11(10-19)8-13(15)16/h2-8,10H,9H2,1H3. The van der Waals surface area contributed by atoms with Crippen LogP contribution in [0.4, 0.5) is 10.1 Å². The molecule has 4 heteroatoms. The fourth-order valence-electron chi connectivity index (χ4n) is 1.87. The van der Waals surface area contributed by atoms with Gasteiger partial charge in [0.1, 0.15) is 12.1 Å². The van der Waals surface area contributed by atoms with Crippen molar-refractivity contribution in [1.82, 2.24) is 0 Å². The van der Waals surface area contributed by atoms with Crippen molar-refractivity contribution >= 4 is 27.9 Å². The summed E-state index contributed by atoms with van der Waals surface area (Å²) in [6, 6.07) is 12.0. The molecule has 0 heterocycles. The molecule has 98 valence electrons. The molecule has 0 aliphatic heterocycles. The second-order valence-corrected chi connectivity index (χ2v) is 5.13. The first-order chi connectivity index (χ1) is 9.11. The van der Waals surface area contributed by atoms with Gasteiger partial charge in [0, 0.05) is 29.2 Å². The number of rotatable bonds is 4. The molecular formula is C15H13BrFNO. The molecule has 0 aliphatic rings. The Balaban J connectivity index is 2.23. The van der Waals surface area contributed by atoms with E-state index in [9.17, 15) is 9.18 Å². The average Bonchev–Trinajstić information content (AvgIpc) is 2.41. The predicted molar refractivity (Wildman–Crippen MR) is 78.0 cm³/mol. The first kappa shape index (κ1) is 13.7. The van der Waals surface area contributed by atoms with Crippen LogP contribution < -0.4 is 4.90 Å². The molecule has 0 aromatic heterocycles. The van der Waals surface area contributed by atoms with E-state index < -0.39 is 0 Å². The molecule has 0 fully saturated rings. The summed E-state index contributed by atoms with van der Waals surface area (Å²) in [4.78, 5) is 12.6. The summed E-state index contributed by atoms with van der Waals surface area (Å²) in [5.41, 5.74) is 2.15. The first-order valence-corrected chi connectivity index (χ1v) is 6.60. The van der Waals surface area contributed by atoms with Crippen LogP contribution in [-0.2, 0) is 6.54 Å². The highest BCUT2D eigenvalue weighted by Crippen LogP contribution is 2.27. The third-order valence-electron chi connectivity index (χ3n) is 2.88. The number of aldehydes is 1. The SMILES string of the molecule is CN(Cc1ccccc1F)c1ccc(C=O)cc1Br. The van der Waals surface area contributed by atoms with E-state index in [1.807, 2.05) is 24.1 Å². The fraction of sp³-hybridized carbons (Fsp3) is 0.133. The van der Waals surface area contributed by atoms with Crippen LogP contribution in [0, 0.1) is 5.82 Å². The molecule has 2 aromatic rings. The van der Waals surface area contributed by atoms with Crippen LogP contribution in [-0.4, -0.2) is 13.3 Å². The lowest BCUT2D eigenvalue weighted by atomic mass is 10.1. The zero-order valence-electron chi connectivity index (χ0n) is 10.4. The molecule has 0 unspecified atom stereocenters. The van der Waals surface area contributed by atoms with Gasteiger partial charge in [0.15, 0.2) is 0 Å². The van der Waals surface area contributed by atoms with Gasteiger partial charge < -0.3 is 4.90 Å². The quantitative estimate of drug-likeness (QED) is 0.792. The lowest BCUT2D eigenvalue weighted by molar-refractivity contribution is 0.112. The van der Waals surface area contributed by atoms with Crippen molar-refractivity contribution in [3.05, 3.63) is 63.9 Å². The van der Waals surface area contributed by atoms with Crippen molar-refractivity contribution in [1.29, 1.82) is 0 Å². The van der Waals surface area contributed by atoms with Crippen molar-refractivity contribution in [2.45, 2.75) is 6.54 Å². The van der Waals surface area contributed by atoms with Crippen molar-refractivity contribution in [3.63, 3.8) is 0 Å². The molecule has 0 aliphatic carbocycles. The van der Waals surface area contributed by atoms with Crippen LogP contribution >= 0.6 is 15.9 Å². The van der Waals surface area contributed by atoms with Gasteiger partial charge in [0.25, 0.3) is 0 Å². The Morgan fingerprint density at radius 3 is 2.63 bits per heavy atom. The summed E-state index contributed by atoms with van der Waals surface area (Å²) < 4.78 is 14.4. The molecule has 0 saturated heterocycles. The van der Waals surface area contributed by atoms with E-state index in [0.717, 1.165) is 16.4 Å². The van der Waals surface area contributed by atoms with E-state index in [-0.39, 0.29) is 5.82 Å². The van der Waals surface area contributed by atoms with Gasteiger partial charge in [-0.3, -0.25) is 4.79 Å². The zero-order chi connectivity index (χ0) is 13.8. The van der Waals surface area contributed by atoms with E-state index in [1.165, 1.54) is 6.07 Å². The van der Waals surface area contributed by atoms with Gasteiger partial charge in [-0.25, -0.2) is 4.39 Å². The van der Waals surface area contributed by atoms with Gasteiger partial charge in [-0.15, -0.1) is 0 Å².